The highest BCUT2D eigenvalue weighted by Gasteiger charge is 2.33. The third kappa shape index (κ3) is 4.83. The second-order valence-electron chi connectivity index (χ2n) is 10.5. The van der Waals surface area contributed by atoms with Crippen LogP contribution in [0.3, 0.4) is 0 Å². The number of carbonyl (C=O) groups excluding carboxylic acids is 1. The van der Waals surface area contributed by atoms with Crippen LogP contribution in [0.25, 0.3) is 21.7 Å². The Kier molecular flexibility index (Phi) is 7.24. The molecule has 40 heavy (non-hydrogen) atoms. The summed E-state index contributed by atoms with van der Waals surface area (Å²) >= 11 is 0. The molecule has 5 aromatic rings. The van der Waals surface area contributed by atoms with Gasteiger partial charge >= 0.3 is 5.97 Å². The third-order valence-electron chi connectivity index (χ3n) is 7.99. The van der Waals surface area contributed by atoms with Crippen molar-refractivity contribution in [3.63, 3.8) is 0 Å². The van der Waals surface area contributed by atoms with Gasteiger partial charge in [-0.15, -0.1) is 0 Å². The summed E-state index contributed by atoms with van der Waals surface area (Å²) in [5.41, 5.74) is 4.81. The predicted octanol–water partition coefficient (Wildman–Crippen LogP) is 5.60. The molecule has 0 bridgehead atoms. The zero-order valence-electron chi connectivity index (χ0n) is 22.8. The Balaban J connectivity index is 1.54. The molecule has 204 valence electrons. The van der Waals surface area contributed by atoms with Gasteiger partial charge in [-0.1, -0.05) is 54.6 Å². The molecule has 0 saturated carbocycles. The first-order chi connectivity index (χ1) is 19.5. The van der Waals surface area contributed by atoms with Gasteiger partial charge in [0.2, 0.25) is 0 Å². The summed E-state index contributed by atoms with van der Waals surface area (Å²) in [6.45, 7) is 3.41. The van der Waals surface area contributed by atoms with Gasteiger partial charge < -0.3 is 19.2 Å². The minimum absolute atomic E-state index is 0.154. The number of rotatable bonds is 7. The third-order valence-corrected chi connectivity index (χ3v) is 7.99. The molecule has 1 fully saturated rings. The number of esters is 1. The lowest BCUT2D eigenvalue weighted by Gasteiger charge is -2.39. The first-order valence-corrected chi connectivity index (χ1v) is 13.7. The largest absolute Gasteiger partial charge is 0.507 e. The minimum Gasteiger partial charge on any atom is -0.507 e. The number of aromatic nitrogens is 1. The fourth-order valence-corrected chi connectivity index (χ4v) is 5.86. The van der Waals surface area contributed by atoms with E-state index in [0.29, 0.717) is 27.5 Å². The van der Waals surface area contributed by atoms with Gasteiger partial charge in [0.1, 0.15) is 23.2 Å². The second-order valence-corrected chi connectivity index (χ2v) is 10.5. The molecular formula is C33H33N3O4. The number of aromatic hydroxyl groups is 1. The summed E-state index contributed by atoms with van der Waals surface area (Å²) in [6, 6.07) is 21.9. The van der Waals surface area contributed by atoms with Gasteiger partial charge in [-0.05, 0) is 43.1 Å². The molecule has 1 unspecified atom stereocenters. The van der Waals surface area contributed by atoms with Crippen molar-refractivity contribution in [3.8, 4) is 5.75 Å². The van der Waals surface area contributed by atoms with Crippen LogP contribution in [0.2, 0.25) is 0 Å². The number of ether oxygens (including phenoxy) is 1. The highest BCUT2D eigenvalue weighted by atomic mass is 16.5. The number of piperazine rings is 1. The van der Waals surface area contributed by atoms with Crippen LogP contribution in [0.5, 0.6) is 5.75 Å². The van der Waals surface area contributed by atoms with Gasteiger partial charge in [-0.3, -0.25) is 9.88 Å². The summed E-state index contributed by atoms with van der Waals surface area (Å²) < 4.78 is 11.2. The molecule has 0 aliphatic carbocycles. The summed E-state index contributed by atoms with van der Waals surface area (Å²) in [7, 11) is 3.49. The average Bonchev–Trinajstić information content (AvgIpc) is 3.44. The van der Waals surface area contributed by atoms with Crippen molar-refractivity contribution in [2.75, 3.05) is 40.3 Å². The van der Waals surface area contributed by atoms with Crippen LogP contribution in [0.15, 0.2) is 83.6 Å². The number of phenols is 1. The summed E-state index contributed by atoms with van der Waals surface area (Å²) in [5, 5.41) is 14.0. The molecule has 1 atom stereocenters. The molecule has 2 aromatic heterocycles. The number of aryl methyl sites for hydroxylation is 2. The molecular weight excluding hydrogens is 502 g/mol. The highest BCUT2D eigenvalue weighted by Crippen LogP contribution is 2.46. The predicted molar refractivity (Wildman–Crippen MR) is 156 cm³/mol. The summed E-state index contributed by atoms with van der Waals surface area (Å²) in [4.78, 5) is 22.3. The number of hydrogen-bond donors (Lipinski definition) is 1. The number of benzene rings is 3. The first kappa shape index (κ1) is 26.0. The Hall–Kier alpha value is -4.20. The van der Waals surface area contributed by atoms with Crippen molar-refractivity contribution in [3.05, 3.63) is 107 Å². The topological polar surface area (TPSA) is 79.0 Å². The Morgan fingerprint density at radius 1 is 1.00 bits per heavy atom. The monoisotopic (exact) mass is 535 g/mol. The van der Waals surface area contributed by atoms with E-state index < -0.39 is 5.97 Å². The van der Waals surface area contributed by atoms with Crippen LogP contribution in [-0.4, -0.2) is 66.2 Å². The molecule has 1 aliphatic rings. The van der Waals surface area contributed by atoms with Crippen molar-refractivity contribution in [2.45, 2.75) is 18.9 Å². The molecule has 0 radical (unpaired) electrons. The number of phenolic OH excluding ortho intramolecular Hbond substituents is 1. The average molecular weight is 536 g/mol. The zero-order valence-corrected chi connectivity index (χ0v) is 22.8. The molecule has 6 rings (SSSR count). The highest BCUT2D eigenvalue weighted by molar-refractivity contribution is 6.16. The van der Waals surface area contributed by atoms with Crippen LogP contribution in [-0.2, 0) is 17.6 Å². The molecule has 3 aromatic carbocycles. The lowest BCUT2D eigenvalue weighted by molar-refractivity contribution is 0.0601. The van der Waals surface area contributed by atoms with Crippen LogP contribution < -0.4 is 0 Å². The van der Waals surface area contributed by atoms with Crippen LogP contribution in [0, 0.1) is 0 Å². The zero-order chi connectivity index (χ0) is 27.6. The lowest BCUT2D eigenvalue weighted by Crippen LogP contribution is -2.46. The number of nitrogens with zero attached hydrogens (tertiary/aromatic N) is 3. The molecule has 7 nitrogen and oxygen atoms in total. The maximum Gasteiger partial charge on any atom is 0.341 e. The summed E-state index contributed by atoms with van der Waals surface area (Å²) in [5.74, 6) is -0.341. The van der Waals surface area contributed by atoms with E-state index in [0.717, 1.165) is 55.7 Å². The van der Waals surface area contributed by atoms with Crippen LogP contribution in [0.1, 0.15) is 38.8 Å². The second kappa shape index (κ2) is 11.1. The fourth-order valence-electron chi connectivity index (χ4n) is 5.86. The Morgan fingerprint density at radius 2 is 1.73 bits per heavy atom. The number of fused-ring (bicyclic) bond motifs is 3. The van der Waals surface area contributed by atoms with Crippen molar-refractivity contribution in [2.24, 2.45) is 0 Å². The van der Waals surface area contributed by atoms with E-state index in [1.165, 1.54) is 18.9 Å². The van der Waals surface area contributed by atoms with Crippen LogP contribution >= 0.6 is 0 Å². The minimum atomic E-state index is -0.495. The normalized spacial score (nSPS) is 15.4. The van der Waals surface area contributed by atoms with Crippen molar-refractivity contribution < 1.29 is 19.1 Å². The van der Waals surface area contributed by atoms with Gasteiger partial charge in [-0.2, -0.15) is 0 Å². The Bertz CT molecular complexity index is 1660. The van der Waals surface area contributed by atoms with E-state index >= 15 is 0 Å². The van der Waals surface area contributed by atoms with E-state index in [1.54, 1.807) is 0 Å². The van der Waals surface area contributed by atoms with Crippen molar-refractivity contribution in [1.29, 1.82) is 0 Å². The standard InChI is InChI=1S/C33H33N3O4/c1-35-16-18-36(19-17-35)30(23-14-15-34-24(20-23)13-12-22-8-4-3-5-9-22)29-28-27(33(38)39-2)21-40-32(28)26-11-7-6-10-25(26)31(29)37/h3-11,14-15,20-21,30,37H,12-13,16-19H2,1-2H3. The fraction of sp³-hybridized carbons (Fsp3) is 0.273. The number of pyridine rings is 1. The van der Waals surface area contributed by atoms with Gasteiger partial charge in [0.25, 0.3) is 0 Å². The van der Waals surface area contributed by atoms with E-state index in [4.69, 9.17) is 9.15 Å². The quantitative estimate of drug-likeness (QED) is 0.272. The van der Waals surface area contributed by atoms with Crippen molar-refractivity contribution >= 4 is 27.7 Å². The first-order valence-electron chi connectivity index (χ1n) is 13.7. The molecule has 1 N–H and O–H groups in total. The number of likely N-dealkylation sites (N-methyl/N-ethyl adjacent to an activating group) is 1. The number of methoxy groups -OCH3 is 1. The summed E-state index contributed by atoms with van der Waals surface area (Å²) in [6.07, 6.45) is 4.98. The SMILES string of the molecule is COC(=O)c1coc2c1c(C(c1ccnc(CCc3ccccc3)c1)N1CCN(C)CC1)c(O)c1ccccc12. The maximum atomic E-state index is 12.9. The number of furan rings is 1. The smallest absolute Gasteiger partial charge is 0.341 e. The van der Waals surface area contributed by atoms with Gasteiger partial charge in [0.15, 0.2) is 0 Å². The number of hydrogen-bond acceptors (Lipinski definition) is 7. The Labute approximate surface area is 233 Å². The van der Waals surface area contributed by atoms with Crippen LogP contribution in [0.4, 0.5) is 0 Å². The number of carbonyl (C=O) groups is 1. The maximum absolute atomic E-state index is 12.9. The Morgan fingerprint density at radius 3 is 2.48 bits per heavy atom. The van der Waals surface area contributed by atoms with E-state index in [1.807, 2.05) is 42.6 Å². The van der Waals surface area contributed by atoms with Gasteiger partial charge in [0, 0.05) is 59.8 Å². The van der Waals surface area contributed by atoms with E-state index in [2.05, 4.69) is 52.2 Å². The lowest BCUT2D eigenvalue weighted by atomic mass is 9.88. The molecule has 0 spiro atoms. The molecule has 0 amide bonds. The molecule has 1 saturated heterocycles. The van der Waals surface area contributed by atoms with Gasteiger partial charge in [0.05, 0.1) is 13.2 Å². The molecule has 1 aliphatic heterocycles. The van der Waals surface area contributed by atoms with Gasteiger partial charge in [-0.25, -0.2) is 4.79 Å². The molecule has 7 heteroatoms. The van der Waals surface area contributed by atoms with E-state index in [9.17, 15) is 9.90 Å². The molecule has 3 heterocycles. The van der Waals surface area contributed by atoms with E-state index in [-0.39, 0.29) is 11.8 Å². The van der Waals surface area contributed by atoms with Crippen molar-refractivity contribution in [1.82, 2.24) is 14.8 Å².